The number of nitrogens with one attached hydrogen (secondary N) is 1. The van der Waals surface area contributed by atoms with Crippen LogP contribution in [0.2, 0.25) is 0 Å². The van der Waals surface area contributed by atoms with Gasteiger partial charge in [-0.1, -0.05) is 6.07 Å². The second-order valence-corrected chi connectivity index (χ2v) is 2.70. The van der Waals surface area contributed by atoms with Gasteiger partial charge in [0.15, 0.2) is 0 Å². The molecule has 3 aromatic rings. The van der Waals surface area contributed by atoms with Gasteiger partial charge in [0.1, 0.15) is 16.8 Å². The molecular weight excluding hydrogens is 177 g/mol. The third-order valence-corrected chi connectivity index (χ3v) is 2.00. The number of hydrogen-bond acceptors (Lipinski definition) is 2. The summed E-state index contributed by atoms with van der Waals surface area (Å²) in [6.07, 6.45) is 1.58. The molecule has 0 saturated carbocycles. The van der Waals surface area contributed by atoms with E-state index in [4.69, 9.17) is 0 Å². The van der Waals surface area contributed by atoms with E-state index in [0.29, 0.717) is 5.52 Å². The third-order valence-electron chi connectivity index (χ3n) is 2.00. The molecule has 3 rings (SSSR count). The molecule has 0 fully saturated rings. The minimum atomic E-state index is -0.0799. The maximum absolute atomic E-state index is 11.2. The van der Waals surface area contributed by atoms with Gasteiger partial charge in [-0.3, -0.25) is 9.20 Å². The molecule has 0 aliphatic rings. The van der Waals surface area contributed by atoms with Crippen LogP contribution in [0, 0.1) is 0 Å². The van der Waals surface area contributed by atoms with Gasteiger partial charge in [0, 0.05) is 0 Å². The van der Waals surface area contributed by atoms with Crippen LogP contribution in [0.15, 0.2) is 29.2 Å². The normalized spacial score (nSPS) is 10.8. The summed E-state index contributed by atoms with van der Waals surface area (Å²) in [5.74, 6) is 0. The number of hydrogen-bond donors (Lipinski definition) is 1. The molecule has 3 heterocycles. The Morgan fingerprint density at radius 1 is 1.38 bits per heavy atom. The van der Waals surface area contributed by atoms with Gasteiger partial charge in [0.2, 0.25) is 0 Å². The molecule has 0 bridgehead atoms. The number of pyridine rings is 1. The summed E-state index contributed by atoms with van der Waals surface area (Å²) in [4.78, 5) is 18.1. The Morgan fingerprint density at radius 3 is 3.08 bits per heavy atom. The molecule has 0 saturated heterocycles. The van der Waals surface area contributed by atoms with E-state index in [1.54, 1.807) is 6.20 Å². The second-order valence-electron chi connectivity index (χ2n) is 2.70. The van der Waals surface area contributed by atoms with Crippen molar-refractivity contribution in [1.29, 1.82) is 0 Å². The topological polar surface area (TPSA) is 50.2 Å². The number of aromatic amines is 1. The number of nitrogens with zero attached hydrogens (tertiary/aromatic N) is 2. The molecule has 60 valence electrons. The average molecular weight is 183 g/mol. The van der Waals surface area contributed by atoms with Gasteiger partial charge in [0.05, 0.1) is 6.20 Å². The predicted octanol–water partition coefficient (Wildman–Crippen LogP) is -0.0349. The van der Waals surface area contributed by atoms with Crippen molar-refractivity contribution in [2.24, 2.45) is 0 Å². The van der Waals surface area contributed by atoms with E-state index in [0.717, 1.165) is 11.3 Å². The number of H-pyrrole nitrogens is 1. The summed E-state index contributed by atoms with van der Waals surface area (Å²) in [5.41, 5.74) is 2.13. The summed E-state index contributed by atoms with van der Waals surface area (Å²) >= 11 is 0. The van der Waals surface area contributed by atoms with Crippen LogP contribution in [-0.2, 0) is 0 Å². The predicted molar refractivity (Wildman–Crippen MR) is 51.7 cm³/mol. The van der Waals surface area contributed by atoms with Crippen LogP contribution in [0.3, 0.4) is 0 Å². The Hall–Kier alpha value is -0.840. The van der Waals surface area contributed by atoms with Gasteiger partial charge in [0.25, 0.3) is 5.56 Å². The third kappa shape index (κ3) is 1.03. The zero-order valence-corrected chi connectivity index (χ0v) is 6.11. The number of imidazole rings is 2. The molecule has 3 aromatic heterocycles. The molecule has 0 amide bonds. The first-order valence-corrected chi connectivity index (χ1v) is 3.64. The van der Waals surface area contributed by atoms with Crippen LogP contribution in [0.5, 0.6) is 0 Å². The summed E-state index contributed by atoms with van der Waals surface area (Å²) in [7, 11) is 0. The molecule has 0 unspecified atom stereocenters. The second kappa shape index (κ2) is 2.83. The molecule has 0 atom stereocenters. The Morgan fingerprint density at radius 2 is 2.23 bits per heavy atom. The van der Waals surface area contributed by atoms with E-state index in [1.807, 2.05) is 22.6 Å². The standard InChI is InChI=1S/C8H5N3O.Na.H/c12-8-5-4-9-6-2-1-3-7(10-8)11(5)6;;/h1-4H,(H,10,12);;. The molecular formula is C8H6N3NaO. The van der Waals surface area contributed by atoms with E-state index in [9.17, 15) is 4.79 Å². The van der Waals surface area contributed by atoms with Crippen LogP contribution >= 0.6 is 0 Å². The fraction of sp³-hybridized carbons (Fsp3) is 0. The van der Waals surface area contributed by atoms with Crippen molar-refractivity contribution in [3.8, 4) is 0 Å². The summed E-state index contributed by atoms with van der Waals surface area (Å²) < 4.78 is 1.81. The van der Waals surface area contributed by atoms with E-state index in [-0.39, 0.29) is 35.1 Å². The zero-order chi connectivity index (χ0) is 8.13. The fourth-order valence-corrected chi connectivity index (χ4v) is 1.47. The molecule has 1 N–H and O–H groups in total. The van der Waals surface area contributed by atoms with Crippen LogP contribution < -0.4 is 5.56 Å². The summed E-state index contributed by atoms with van der Waals surface area (Å²) in [5, 5.41) is 0. The Kier molecular flexibility index (Phi) is 1.91. The minimum absolute atomic E-state index is 0. The van der Waals surface area contributed by atoms with Gasteiger partial charge >= 0.3 is 29.6 Å². The van der Waals surface area contributed by atoms with Gasteiger partial charge < -0.3 is 4.98 Å². The first-order chi connectivity index (χ1) is 5.86. The molecule has 0 aromatic carbocycles. The van der Waals surface area contributed by atoms with Gasteiger partial charge in [-0.25, -0.2) is 4.98 Å². The SMILES string of the molecule is O=c1[nH]c2cccc3ncc1n32.[NaH]. The van der Waals surface area contributed by atoms with Crippen molar-refractivity contribution in [3.63, 3.8) is 0 Å². The Labute approximate surface area is 95.2 Å². The quantitative estimate of drug-likeness (QED) is 0.497. The number of rotatable bonds is 0. The first kappa shape index (κ1) is 8.74. The van der Waals surface area contributed by atoms with Gasteiger partial charge in [-0.15, -0.1) is 0 Å². The average Bonchev–Trinajstić information content (AvgIpc) is 2.60. The van der Waals surface area contributed by atoms with E-state index >= 15 is 0 Å². The maximum atomic E-state index is 11.2. The van der Waals surface area contributed by atoms with Crippen molar-refractivity contribution < 1.29 is 0 Å². The van der Waals surface area contributed by atoms with Crippen molar-refractivity contribution >= 4 is 46.4 Å². The van der Waals surface area contributed by atoms with Crippen molar-refractivity contribution in [1.82, 2.24) is 14.4 Å². The molecule has 0 radical (unpaired) electrons. The Bertz CT molecular complexity index is 597. The number of aromatic nitrogens is 3. The molecule has 0 aliphatic heterocycles. The first-order valence-electron chi connectivity index (χ1n) is 3.64. The van der Waals surface area contributed by atoms with Crippen molar-refractivity contribution in [3.05, 3.63) is 34.7 Å². The van der Waals surface area contributed by atoms with Crippen LogP contribution in [0.4, 0.5) is 0 Å². The van der Waals surface area contributed by atoms with E-state index in [2.05, 4.69) is 9.97 Å². The zero-order valence-electron chi connectivity index (χ0n) is 6.11. The van der Waals surface area contributed by atoms with E-state index in [1.165, 1.54) is 0 Å². The monoisotopic (exact) mass is 183 g/mol. The molecule has 5 heteroatoms. The summed E-state index contributed by atoms with van der Waals surface area (Å²) in [6, 6.07) is 5.59. The Balaban J connectivity index is 0.000000653. The fourth-order valence-electron chi connectivity index (χ4n) is 1.47. The molecule has 0 aliphatic carbocycles. The summed E-state index contributed by atoms with van der Waals surface area (Å²) in [6.45, 7) is 0. The van der Waals surface area contributed by atoms with E-state index < -0.39 is 0 Å². The molecule has 13 heavy (non-hydrogen) atoms. The van der Waals surface area contributed by atoms with Gasteiger partial charge in [-0.05, 0) is 12.1 Å². The molecule has 0 spiro atoms. The van der Waals surface area contributed by atoms with Crippen molar-refractivity contribution in [2.45, 2.75) is 0 Å². The van der Waals surface area contributed by atoms with Crippen LogP contribution in [0.1, 0.15) is 0 Å². The molecule has 4 nitrogen and oxygen atoms in total. The van der Waals surface area contributed by atoms with Crippen LogP contribution in [-0.4, -0.2) is 43.9 Å². The van der Waals surface area contributed by atoms with Crippen molar-refractivity contribution in [2.75, 3.05) is 0 Å². The van der Waals surface area contributed by atoms with Crippen LogP contribution in [0.25, 0.3) is 16.8 Å². The van der Waals surface area contributed by atoms with Gasteiger partial charge in [-0.2, -0.15) is 0 Å².